The Labute approximate surface area is 154 Å². The van der Waals surface area contributed by atoms with E-state index in [1.165, 1.54) is 0 Å². The van der Waals surface area contributed by atoms with Crippen molar-refractivity contribution in [2.24, 2.45) is 4.99 Å². The molecule has 6 nitrogen and oxygen atoms in total. The maximum atomic E-state index is 6.32. The molecule has 0 saturated carbocycles. The molecule has 1 aliphatic heterocycles. The zero-order valence-electron chi connectivity index (χ0n) is 14.6. The number of aliphatic imine (C=N–C) groups is 1. The summed E-state index contributed by atoms with van der Waals surface area (Å²) in [6.45, 7) is 8.21. The predicted molar refractivity (Wildman–Crippen MR) is 103 cm³/mol. The first-order valence-corrected chi connectivity index (χ1v) is 9.16. The molecule has 134 valence electrons. The molecule has 2 heterocycles. The van der Waals surface area contributed by atoms with Crippen molar-refractivity contribution in [3.8, 4) is 0 Å². The van der Waals surface area contributed by atoms with E-state index in [4.69, 9.17) is 16.6 Å². The van der Waals surface area contributed by atoms with Gasteiger partial charge in [-0.1, -0.05) is 23.7 Å². The van der Waals surface area contributed by atoms with Crippen LogP contribution >= 0.6 is 11.6 Å². The molecule has 0 bridgehead atoms. The highest BCUT2D eigenvalue weighted by molar-refractivity contribution is 6.33. The monoisotopic (exact) mass is 360 g/mol. The van der Waals surface area contributed by atoms with Crippen LogP contribution in [0.2, 0.25) is 5.02 Å². The van der Waals surface area contributed by atoms with Gasteiger partial charge in [0.25, 0.3) is 0 Å². The topological polar surface area (TPSA) is 48.7 Å². The number of piperazine rings is 1. The molecule has 3 rings (SSSR count). The number of hydrogen-bond donors (Lipinski definition) is 1. The number of anilines is 1. The molecule has 0 unspecified atom stereocenters. The first-order chi connectivity index (χ1) is 12.3. The van der Waals surface area contributed by atoms with Crippen LogP contribution in [0, 0.1) is 0 Å². The Morgan fingerprint density at radius 3 is 2.68 bits per heavy atom. The standard InChI is InChI=1S/C18H25ClN6/c1-2-20-18(21-9-11-25-10-5-8-22-25)24-14-12-23(13-15-24)17-7-4-3-6-16(17)19/h3-8,10H,2,9,11-15H2,1H3,(H,20,21). The maximum Gasteiger partial charge on any atom is 0.194 e. The van der Waals surface area contributed by atoms with Crippen molar-refractivity contribution in [2.45, 2.75) is 13.5 Å². The summed E-state index contributed by atoms with van der Waals surface area (Å²) in [5.41, 5.74) is 1.12. The largest absolute Gasteiger partial charge is 0.367 e. The van der Waals surface area contributed by atoms with Crippen LogP contribution in [-0.4, -0.2) is 59.9 Å². The number of hydrogen-bond acceptors (Lipinski definition) is 3. The van der Waals surface area contributed by atoms with Gasteiger partial charge in [-0.15, -0.1) is 0 Å². The Bertz CT molecular complexity index is 677. The molecule has 0 spiro atoms. The van der Waals surface area contributed by atoms with Gasteiger partial charge in [-0.3, -0.25) is 9.67 Å². The summed E-state index contributed by atoms with van der Waals surface area (Å²) in [4.78, 5) is 9.41. The van der Waals surface area contributed by atoms with Gasteiger partial charge in [0, 0.05) is 45.1 Å². The molecule has 1 aromatic heterocycles. The summed E-state index contributed by atoms with van der Waals surface area (Å²) in [6.07, 6.45) is 3.76. The molecule has 1 saturated heterocycles. The fraction of sp³-hybridized carbons (Fsp3) is 0.444. The average Bonchev–Trinajstić information content (AvgIpc) is 3.15. The van der Waals surface area contributed by atoms with Crippen LogP contribution in [0.4, 0.5) is 5.69 Å². The maximum absolute atomic E-state index is 6.32. The van der Waals surface area contributed by atoms with Crippen LogP contribution < -0.4 is 10.2 Å². The second-order valence-electron chi connectivity index (χ2n) is 5.93. The molecular formula is C18H25ClN6. The summed E-state index contributed by atoms with van der Waals surface area (Å²) in [5.74, 6) is 0.980. The quantitative estimate of drug-likeness (QED) is 0.656. The predicted octanol–water partition coefficient (Wildman–Crippen LogP) is 2.32. The van der Waals surface area contributed by atoms with Crippen molar-refractivity contribution < 1.29 is 0 Å². The van der Waals surface area contributed by atoms with Crippen LogP contribution in [0.15, 0.2) is 47.7 Å². The van der Waals surface area contributed by atoms with E-state index in [1.807, 2.05) is 35.1 Å². The molecule has 1 N–H and O–H groups in total. The van der Waals surface area contributed by atoms with Gasteiger partial charge in [0.2, 0.25) is 0 Å². The van der Waals surface area contributed by atoms with Crippen molar-refractivity contribution in [1.82, 2.24) is 20.0 Å². The Morgan fingerprint density at radius 1 is 1.20 bits per heavy atom. The minimum absolute atomic E-state index is 0.717. The van der Waals surface area contributed by atoms with Crippen molar-refractivity contribution in [3.05, 3.63) is 47.7 Å². The molecule has 0 amide bonds. The number of nitrogens with zero attached hydrogens (tertiary/aromatic N) is 5. The lowest BCUT2D eigenvalue weighted by molar-refractivity contribution is 0.372. The highest BCUT2D eigenvalue weighted by atomic mass is 35.5. The molecule has 0 atom stereocenters. The average molecular weight is 361 g/mol. The van der Waals surface area contributed by atoms with Gasteiger partial charge in [-0.25, -0.2) is 0 Å². The number of guanidine groups is 1. The lowest BCUT2D eigenvalue weighted by atomic mass is 10.2. The van der Waals surface area contributed by atoms with E-state index >= 15 is 0 Å². The second kappa shape index (κ2) is 8.76. The second-order valence-corrected chi connectivity index (χ2v) is 6.34. The van der Waals surface area contributed by atoms with E-state index in [1.54, 1.807) is 6.20 Å². The molecule has 7 heteroatoms. The normalized spacial score (nSPS) is 15.5. The Kier molecular flexibility index (Phi) is 6.17. The van der Waals surface area contributed by atoms with Gasteiger partial charge < -0.3 is 15.1 Å². The lowest BCUT2D eigenvalue weighted by Gasteiger charge is -2.38. The summed E-state index contributed by atoms with van der Waals surface area (Å²) in [7, 11) is 0. The van der Waals surface area contributed by atoms with Crippen molar-refractivity contribution in [2.75, 3.05) is 44.2 Å². The smallest absolute Gasteiger partial charge is 0.194 e. The molecule has 25 heavy (non-hydrogen) atoms. The number of para-hydroxylation sites is 1. The summed E-state index contributed by atoms with van der Waals surface area (Å²) >= 11 is 6.32. The van der Waals surface area contributed by atoms with Crippen LogP contribution in [0.25, 0.3) is 0 Å². The Balaban J connectivity index is 1.57. The van der Waals surface area contributed by atoms with Crippen molar-refractivity contribution >= 4 is 23.2 Å². The van der Waals surface area contributed by atoms with Crippen LogP contribution in [0.1, 0.15) is 6.92 Å². The van der Waals surface area contributed by atoms with Crippen LogP contribution in [0.5, 0.6) is 0 Å². The van der Waals surface area contributed by atoms with E-state index in [0.717, 1.165) is 62.5 Å². The summed E-state index contributed by atoms with van der Waals surface area (Å²) in [5, 5.41) is 8.43. The molecular weight excluding hydrogens is 336 g/mol. The third-order valence-electron chi connectivity index (χ3n) is 4.26. The molecule has 0 radical (unpaired) electrons. The highest BCUT2D eigenvalue weighted by Gasteiger charge is 2.20. The van der Waals surface area contributed by atoms with E-state index in [9.17, 15) is 0 Å². The SMILES string of the molecule is CCNC(=NCCn1cccn1)N1CCN(c2ccccc2Cl)CC1. The number of nitrogens with one attached hydrogen (secondary N) is 1. The Morgan fingerprint density at radius 2 is 2.00 bits per heavy atom. The zero-order valence-corrected chi connectivity index (χ0v) is 15.4. The third kappa shape index (κ3) is 4.66. The van der Waals surface area contributed by atoms with Crippen molar-refractivity contribution in [3.63, 3.8) is 0 Å². The van der Waals surface area contributed by atoms with Gasteiger partial charge in [-0.05, 0) is 25.1 Å². The van der Waals surface area contributed by atoms with Gasteiger partial charge in [0.15, 0.2) is 5.96 Å². The van der Waals surface area contributed by atoms with E-state index in [0.29, 0.717) is 0 Å². The number of benzene rings is 1. The van der Waals surface area contributed by atoms with Gasteiger partial charge in [-0.2, -0.15) is 5.10 Å². The van der Waals surface area contributed by atoms with Crippen LogP contribution in [0.3, 0.4) is 0 Å². The molecule has 1 aromatic carbocycles. The molecule has 0 aliphatic carbocycles. The molecule has 1 aliphatic rings. The van der Waals surface area contributed by atoms with E-state index in [2.05, 4.69) is 33.2 Å². The van der Waals surface area contributed by atoms with Crippen LogP contribution in [-0.2, 0) is 6.54 Å². The first kappa shape index (κ1) is 17.6. The number of halogens is 1. The van der Waals surface area contributed by atoms with E-state index < -0.39 is 0 Å². The van der Waals surface area contributed by atoms with Gasteiger partial charge in [0.05, 0.1) is 23.8 Å². The van der Waals surface area contributed by atoms with Gasteiger partial charge >= 0.3 is 0 Å². The number of rotatable bonds is 5. The minimum atomic E-state index is 0.717. The third-order valence-corrected chi connectivity index (χ3v) is 4.58. The Hall–Kier alpha value is -2.21. The van der Waals surface area contributed by atoms with Gasteiger partial charge in [0.1, 0.15) is 0 Å². The first-order valence-electron chi connectivity index (χ1n) is 8.78. The van der Waals surface area contributed by atoms with Crippen molar-refractivity contribution in [1.29, 1.82) is 0 Å². The minimum Gasteiger partial charge on any atom is -0.367 e. The molecule has 1 fully saturated rings. The van der Waals surface area contributed by atoms with E-state index in [-0.39, 0.29) is 0 Å². The number of aromatic nitrogens is 2. The lowest BCUT2D eigenvalue weighted by Crippen LogP contribution is -2.52. The highest BCUT2D eigenvalue weighted by Crippen LogP contribution is 2.25. The summed E-state index contributed by atoms with van der Waals surface area (Å²) < 4.78 is 1.91. The molecule has 2 aromatic rings. The summed E-state index contributed by atoms with van der Waals surface area (Å²) in [6, 6.07) is 9.97. The fourth-order valence-corrected chi connectivity index (χ4v) is 3.24. The zero-order chi connectivity index (χ0) is 17.5. The fourth-order valence-electron chi connectivity index (χ4n) is 2.98.